The van der Waals surface area contributed by atoms with Gasteiger partial charge in [0.05, 0.1) is 0 Å². The van der Waals surface area contributed by atoms with E-state index in [0.717, 1.165) is 11.4 Å². The number of primary amides is 1. The monoisotopic (exact) mass is 299 g/mol. The van der Waals surface area contributed by atoms with E-state index in [9.17, 15) is 9.59 Å². The fraction of sp³-hybridized carbons (Fsp3) is 0.333. The van der Waals surface area contributed by atoms with E-state index in [0.29, 0.717) is 17.3 Å². The summed E-state index contributed by atoms with van der Waals surface area (Å²) in [5.41, 5.74) is 6.40. The molecule has 0 aliphatic heterocycles. The number of carbonyl (C=O) groups excluding carboxylic acids is 2. The van der Waals surface area contributed by atoms with Crippen LogP contribution in [-0.4, -0.2) is 33.5 Å². The first-order chi connectivity index (χ1) is 10.6. The van der Waals surface area contributed by atoms with Crippen LogP contribution in [0.2, 0.25) is 0 Å². The van der Waals surface area contributed by atoms with Crippen LogP contribution in [0.4, 0.5) is 0 Å². The van der Waals surface area contributed by atoms with Crippen molar-refractivity contribution in [3.05, 3.63) is 35.7 Å². The van der Waals surface area contributed by atoms with Gasteiger partial charge in [-0.2, -0.15) is 5.10 Å². The van der Waals surface area contributed by atoms with E-state index in [1.165, 1.54) is 12.8 Å². The molecule has 1 saturated carbocycles. The van der Waals surface area contributed by atoms with Crippen molar-refractivity contribution in [3.8, 4) is 11.4 Å². The Kier molecular flexibility index (Phi) is 3.86. The van der Waals surface area contributed by atoms with Gasteiger partial charge in [-0.25, -0.2) is 4.98 Å². The lowest BCUT2D eigenvalue weighted by Gasteiger charge is -2.04. The highest BCUT2D eigenvalue weighted by Gasteiger charge is 2.27. The standard InChI is InChI=1S/C15H17N5O2/c16-12(21)7-8-17-15(22)11-5-3-10(4-6-11)14-18-13(19-20-14)9-1-2-9/h3-6,9H,1-2,7-8H2,(H2,16,21)(H,17,22)(H,18,19,20). The molecular formula is C15H17N5O2. The van der Waals surface area contributed by atoms with Gasteiger partial charge in [-0.15, -0.1) is 0 Å². The van der Waals surface area contributed by atoms with Gasteiger partial charge in [0.25, 0.3) is 5.91 Å². The van der Waals surface area contributed by atoms with Gasteiger partial charge >= 0.3 is 0 Å². The second-order valence-corrected chi connectivity index (χ2v) is 5.37. The van der Waals surface area contributed by atoms with Crippen molar-refractivity contribution in [1.82, 2.24) is 20.5 Å². The number of amides is 2. The van der Waals surface area contributed by atoms with Crippen LogP contribution in [-0.2, 0) is 4.79 Å². The zero-order valence-corrected chi connectivity index (χ0v) is 12.0. The topological polar surface area (TPSA) is 114 Å². The van der Waals surface area contributed by atoms with Gasteiger partial charge in [0.2, 0.25) is 5.91 Å². The Morgan fingerprint density at radius 3 is 2.64 bits per heavy atom. The number of carbonyl (C=O) groups is 2. The fourth-order valence-corrected chi connectivity index (χ4v) is 2.11. The second-order valence-electron chi connectivity index (χ2n) is 5.37. The lowest BCUT2D eigenvalue weighted by atomic mass is 10.1. The third-order valence-corrected chi connectivity index (χ3v) is 3.53. The molecule has 22 heavy (non-hydrogen) atoms. The minimum Gasteiger partial charge on any atom is -0.370 e. The summed E-state index contributed by atoms with van der Waals surface area (Å²) >= 11 is 0. The second kappa shape index (κ2) is 5.97. The summed E-state index contributed by atoms with van der Waals surface area (Å²) in [6, 6.07) is 7.04. The molecule has 3 rings (SSSR count). The number of aromatic amines is 1. The van der Waals surface area contributed by atoms with E-state index < -0.39 is 5.91 Å². The summed E-state index contributed by atoms with van der Waals surface area (Å²) in [4.78, 5) is 27.0. The molecule has 0 spiro atoms. The molecule has 1 aromatic heterocycles. The van der Waals surface area contributed by atoms with E-state index in [2.05, 4.69) is 20.5 Å². The molecule has 0 saturated heterocycles. The third kappa shape index (κ3) is 3.30. The minimum absolute atomic E-state index is 0.130. The predicted octanol–water partition coefficient (Wildman–Crippen LogP) is 0.954. The summed E-state index contributed by atoms with van der Waals surface area (Å²) in [6.45, 7) is 0.238. The highest BCUT2D eigenvalue weighted by molar-refractivity contribution is 5.94. The van der Waals surface area contributed by atoms with Crippen molar-refractivity contribution >= 4 is 11.8 Å². The van der Waals surface area contributed by atoms with Crippen LogP contribution < -0.4 is 11.1 Å². The number of nitrogens with two attached hydrogens (primary N) is 1. The van der Waals surface area contributed by atoms with Crippen LogP contribution in [0.25, 0.3) is 11.4 Å². The molecule has 0 unspecified atom stereocenters. The maximum atomic E-state index is 11.9. The third-order valence-electron chi connectivity index (χ3n) is 3.53. The fourth-order valence-electron chi connectivity index (χ4n) is 2.11. The van der Waals surface area contributed by atoms with Crippen molar-refractivity contribution < 1.29 is 9.59 Å². The largest absolute Gasteiger partial charge is 0.370 e. The summed E-state index contributed by atoms with van der Waals surface area (Å²) in [7, 11) is 0. The highest BCUT2D eigenvalue weighted by atomic mass is 16.2. The molecule has 114 valence electrons. The molecule has 2 aromatic rings. The highest BCUT2D eigenvalue weighted by Crippen LogP contribution is 2.38. The summed E-state index contributed by atoms with van der Waals surface area (Å²) in [5.74, 6) is 1.43. The van der Waals surface area contributed by atoms with Crippen LogP contribution in [0.1, 0.15) is 41.4 Å². The van der Waals surface area contributed by atoms with Gasteiger partial charge in [0.15, 0.2) is 5.82 Å². The molecule has 7 heteroatoms. The van der Waals surface area contributed by atoms with E-state index >= 15 is 0 Å². The number of H-pyrrole nitrogens is 1. The first-order valence-electron chi connectivity index (χ1n) is 7.22. The Hall–Kier alpha value is -2.70. The summed E-state index contributed by atoms with van der Waals surface area (Å²) in [5, 5.41) is 9.80. The number of aromatic nitrogens is 3. The Bertz CT molecular complexity index is 688. The van der Waals surface area contributed by atoms with Gasteiger partial charge in [-0.3, -0.25) is 14.7 Å². The van der Waals surface area contributed by atoms with Crippen LogP contribution in [0.15, 0.2) is 24.3 Å². The van der Waals surface area contributed by atoms with Crippen molar-refractivity contribution in [2.24, 2.45) is 5.73 Å². The molecule has 0 atom stereocenters. The molecular weight excluding hydrogens is 282 g/mol. The predicted molar refractivity (Wildman–Crippen MR) is 79.9 cm³/mol. The van der Waals surface area contributed by atoms with Crippen molar-refractivity contribution in [2.45, 2.75) is 25.2 Å². The molecule has 2 amide bonds. The van der Waals surface area contributed by atoms with Gasteiger partial charge in [-0.1, -0.05) is 12.1 Å². The smallest absolute Gasteiger partial charge is 0.251 e. The van der Waals surface area contributed by atoms with Crippen LogP contribution in [0.5, 0.6) is 0 Å². The number of hydrogen-bond acceptors (Lipinski definition) is 4. The summed E-state index contributed by atoms with van der Waals surface area (Å²) < 4.78 is 0. The SMILES string of the molecule is NC(=O)CCNC(=O)c1ccc(-c2n[nH]c(C3CC3)n2)cc1. The Labute approximate surface area is 127 Å². The zero-order valence-electron chi connectivity index (χ0n) is 12.0. The Balaban J connectivity index is 1.63. The van der Waals surface area contributed by atoms with Gasteiger partial charge < -0.3 is 11.1 Å². The minimum atomic E-state index is -0.438. The van der Waals surface area contributed by atoms with Crippen LogP contribution >= 0.6 is 0 Å². The molecule has 0 bridgehead atoms. The lowest BCUT2D eigenvalue weighted by molar-refractivity contribution is -0.117. The Morgan fingerprint density at radius 2 is 2.00 bits per heavy atom. The first-order valence-corrected chi connectivity index (χ1v) is 7.22. The van der Waals surface area contributed by atoms with Crippen LogP contribution in [0.3, 0.4) is 0 Å². The Morgan fingerprint density at radius 1 is 1.27 bits per heavy atom. The average molecular weight is 299 g/mol. The van der Waals surface area contributed by atoms with Crippen LogP contribution in [0, 0.1) is 0 Å². The van der Waals surface area contributed by atoms with Crippen molar-refractivity contribution in [1.29, 1.82) is 0 Å². The quantitative estimate of drug-likeness (QED) is 0.737. The van der Waals surface area contributed by atoms with Gasteiger partial charge in [0, 0.05) is 30.0 Å². The molecule has 1 heterocycles. The maximum absolute atomic E-state index is 11.9. The first kappa shape index (κ1) is 14.2. The molecule has 1 aliphatic carbocycles. The average Bonchev–Trinajstić information content (AvgIpc) is 3.24. The molecule has 1 fully saturated rings. The van der Waals surface area contributed by atoms with Crippen molar-refractivity contribution in [3.63, 3.8) is 0 Å². The lowest BCUT2D eigenvalue weighted by Crippen LogP contribution is -2.27. The van der Waals surface area contributed by atoms with E-state index in [1.54, 1.807) is 12.1 Å². The number of hydrogen-bond donors (Lipinski definition) is 3. The summed E-state index contributed by atoms with van der Waals surface area (Å²) in [6.07, 6.45) is 2.46. The molecule has 4 N–H and O–H groups in total. The van der Waals surface area contributed by atoms with Crippen molar-refractivity contribution in [2.75, 3.05) is 6.54 Å². The van der Waals surface area contributed by atoms with E-state index in [-0.39, 0.29) is 18.9 Å². The van der Waals surface area contributed by atoms with E-state index in [4.69, 9.17) is 5.73 Å². The molecule has 0 radical (unpaired) electrons. The zero-order chi connectivity index (χ0) is 15.5. The van der Waals surface area contributed by atoms with E-state index in [1.807, 2.05) is 12.1 Å². The van der Waals surface area contributed by atoms with Gasteiger partial charge in [-0.05, 0) is 25.0 Å². The molecule has 7 nitrogen and oxygen atoms in total. The maximum Gasteiger partial charge on any atom is 0.251 e. The molecule has 1 aliphatic rings. The molecule has 1 aromatic carbocycles. The number of nitrogens with zero attached hydrogens (tertiary/aromatic N) is 2. The number of rotatable bonds is 6. The van der Waals surface area contributed by atoms with Gasteiger partial charge in [0.1, 0.15) is 5.82 Å². The number of benzene rings is 1. The number of nitrogens with one attached hydrogen (secondary N) is 2. The normalized spacial score (nSPS) is 13.8.